The number of rotatable bonds is 7. The van der Waals surface area contributed by atoms with E-state index in [0.717, 1.165) is 17.1 Å². The number of anilines is 3. The van der Waals surface area contributed by atoms with Crippen molar-refractivity contribution in [3.63, 3.8) is 0 Å². The lowest BCUT2D eigenvalue weighted by atomic mass is 9.79. The molecule has 0 unspecified atom stereocenters. The Morgan fingerprint density at radius 3 is 1.62 bits per heavy atom. The van der Waals surface area contributed by atoms with Crippen molar-refractivity contribution < 1.29 is 0 Å². The third-order valence-corrected chi connectivity index (χ3v) is 11.7. The molecule has 0 saturated heterocycles. The van der Waals surface area contributed by atoms with Crippen LogP contribution in [0.3, 0.4) is 0 Å². The Balaban J connectivity index is 1.10. The number of hydrogen-bond donors (Lipinski definition) is 0. The molecular formula is C55H41N. The molecule has 0 aliphatic heterocycles. The van der Waals surface area contributed by atoms with E-state index < -0.39 is 0 Å². The second-order valence-corrected chi connectivity index (χ2v) is 15.3. The molecule has 0 spiro atoms. The monoisotopic (exact) mass is 715 g/mol. The third kappa shape index (κ3) is 5.72. The number of nitrogens with zero attached hydrogens (tertiary/aromatic N) is 1. The molecule has 1 nitrogen and oxygen atoms in total. The van der Waals surface area contributed by atoms with Crippen LogP contribution >= 0.6 is 0 Å². The van der Waals surface area contributed by atoms with E-state index in [-0.39, 0.29) is 5.41 Å². The molecule has 0 saturated carbocycles. The van der Waals surface area contributed by atoms with E-state index in [9.17, 15) is 0 Å². The van der Waals surface area contributed by atoms with Gasteiger partial charge in [-0.3, -0.25) is 0 Å². The molecule has 1 aliphatic carbocycles. The van der Waals surface area contributed by atoms with Crippen molar-refractivity contribution in [3.05, 3.63) is 223 Å². The summed E-state index contributed by atoms with van der Waals surface area (Å²) in [5.41, 5.74) is 18.4. The lowest BCUT2D eigenvalue weighted by Crippen LogP contribution is -2.16. The standard InChI is InChI=1S/C55H41N/c1-55(2)52-27-10-8-23-50(52)51-26-14-25-49(54(51)55)41-31-35-45(36-32-41)56(44-33-29-39(30-34-44)38-15-4-3-5-16-38)53-28-11-9-22-48(53)43-20-12-19-42(37-43)47-24-13-18-40-17-6-7-21-46(40)47/h3-37H,1-2H3. The molecule has 0 bridgehead atoms. The maximum atomic E-state index is 2.41. The Kier molecular flexibility index (Phi) is 8.23. The van der Waals surface area contributed by atoms with Crippen LogP contribution in [0.15, 0.2) is 212 Å². The first-order valence-electron chi connectivity index (χ1n) is 19.5. The van der Waals surface area contributed by atoms with Crippen LogP contribution in [0.5, 0.6) is 0 Å². The van der Waals surface area contributed by atoms with E-state index in [1.165, 1.54) is 77.5 Å². The molecule has 0 atom stereocenters. The summed E-state index contributed by atoms with van der Waals surface area (Å²) in [6, 6.07) is 77.5. The molecule has 56 heavy (non-hydrogen) atoms. The van der Waals surface area contributed by atoms with E-state index in [1.54, 1.807) is 0 Å². The van der Waals surface area contributed by atoms with Gasteiger partial charge in [-0.2, -0.15) is 0 Å². The van der Waals surface area contributed by atoms with E-state index in [4.69, 9.17) is 0 Å². The van der Waals surface area contributed by atoms with Gasteiger partial charge in [-0.05, 0) is 108 Å². The van der Waals surface area contributed by atoms with Crippen LogP contribution in [-0.2, 0) is 5.41 Å². The fraction of sp³-hybridized carbons (Fsp3) is 0.0545. The highest BCUT2D eigenvalue weighted by Crippen LogP contribution is 2.52. The Hall–Kier alpha value is -6.96. The first-order chi connectivity index (χ1) is 27.5. The van der Waals surface area contributed by atoms with Gasteiger partial charge in [-0.1, -0.05) is 190 Å². The van der Waals surface area contributed by atoms with Gasteiger partial charge in [-0.15, -0.1) is 0 Å². The lowest BCUT2D eigenvalue weighted by molar-refractivity contribution is 0.662. The number of hydrogen-bond acceptors (Lipinski definition) is 1. The molecule has 1 aliphatic rings. The minimum Gasteiger partial charge on any atom is -0.310 e. The average Bonchev–Trinajstić information content (AvgIpc) is 3.50. The second-order valence-electron chi connectivity index (χ2n) is 15.3. The normalized spacial score (nSPS) is 12.6. The molecule has 0 aromatic heterocycles. The van der Waals surface area contributed by atoms with Crippen molar-refractivity contribution in [1.82, 2.24) is 0 Å². The summed E-state index contributed by atoms with van der Waals surface area (Å²) in [5.74, 6) is 0. The first-order valence-corrected chi connectivity index (χ1v) is 19.5. The van der Waals surface area contributed by atoms with Crippen LogP contribution < -0.4 is 4.90 Å². The Bertz CT molecular complexity index is 2860. The number of fused-ring (bicyclic) bond motifs is 4. The van der Waals surface area contributed by atoms with Crippen LogP contribution in [0, 0.1) is 0 Å². The van der Waals surface area contributed by atoms with Gasteiger partial charge in [0.25, 0.3) is 0 Å². The van der Waals surface area contributed by atoms with Gasteiger partial charge < -0.3 is 4.90 Å². The summed E-state index contributed by atoms with van der Waals surface area (Å²) in [6.45, 7) is 4.73. The highest BCUT2D eigenvalue weighted by molar-refractivity contribution is 5.98. The molecule has 9 aromatic carbocycles. The lowest BCUT2D eigenvalue weighted by Gasteiger charge is -2.29. The van der Waals surface area contributed by atoms with Crippen molar-refractivity contribution in [2.45, 2.75) is 19.3 Å². The quantitative estimate of drug-likeness (QED) is 0.159. The SMILES string of the molecule is CC1(C)c2ccccc2-c2cccc(-c3ccc(N(c4ccc(-c5ccccc5)cc4)c4ccccc4-c4cccc(-c5cccc6ccccc56)c4)cc3)c21. The molecule has 0 radical (unpaired) electrons. The Labute approximate surface area is 329 Å². The van der Waals surface area contributed by atoms with Gasteiger partial charge in [0.05, 0.1) is 5.69 Å². The molecule has 1 heteroatoms. The van der Waals surface area contributed by atoms with Crippen LogP contribution in [0.4, 0.5) is 17.1 Å². The first kappa shape index (κ1) is 33.6. The van der Waals surface area contributed by atoms with E-state index >= 15 is 0 Å². The van der Waals surface area contributed by atoms with Gasteiger partial charge in [0.2, 0.25) is 0 Å². The Morgan fingerprint density at radius 2 is 0.839 bits per heavy atom. The summed E-state index contributed by atoms with van der Waals surface area (Å²) in [6.07, 6.45) is 0. The topological polar surface area (TPSA) is 3.24 Å². The average molecular weight is 716 g/mol. The smallest absolute Gasteiger partial charge is 0.0540 e. The number of para-hydroxylation sites is 1. The molecule has 0 N–H and O–H groups in total. The van der Waals surface area contributed by atoms with Gasteiger partial charge in [-0.25, -0.2) is 0 Å². The van der Waals surface area contributed by atoms with Crippen molar-refractivity contribution in [2.24, 2.45) is 0 Å². The Morgan fingerprint density at radius 1 is 0.339 bits per heavy atom. The van der Waals surface area contributed by atoms with Gasteiger partial charge in [0.1, 0.15) is 0 Å². The van der Waals surface area contributed by atoms with E-state index in [2.05, 4.69) is 231 Å². The zero-order valence-electron chi connectivity index (χ0n) is 31.7. The van der Waals surface area contributed by atoms with Crippen LogP contribution in [0.1, 0.15) is 25.0 Å². The minimum atomic E-state index is -0.0900. The van der Waals surface area contributed by atoms with Crippen LogP contribution in [-0.4, -0.2) is 0 Å². The molecule has 9 aromatic rings. The largest absolute Gasteiger partial charge is 0.310 e. The van der Waals surface area contributed by atoms with Crippen molar-refractivity contribution >= 4 is 27.8 Å². The van der Waals surface area contributed by atoms with Crippen LogP contribution in [0.2, 0.25) is 0 Å². The maximum Gasteiger partial charge on any atom is 0.0540 e. The van der Waals surface area contributed by atoms with E-state index in [0.29, 0.717) is 0 Å². The predicted octanol–water partition coefficient (Wildman–Crippen LogP) is 15.3. The predicted molar refractivity (Wildman–Crippen MR) is 238 cm³/mol. The summed E-state index contributed by atoms with van der Waals surface area (Å²) < 4.78 is 0. The minimum absolute atomic E-state index is 0.0900. The molecule has 0 heterocycles. The van der Waals surface area contributed by atoms with Crippen molar-refractivity contribution in [2.75, 3.05) is 4.90 Å². The zero-order chi connectivity index (χ0) is 37.6. The summed E-state index contributed by atoms with van der Waals surface area (Å²) in [5, 5.41) is 2.51. The molecule has 266 valence electrons. The molecular weight excluding hydrogens is 675 g/mol. The van der Waals surface area contributed by atoms with Gasteiger partial charge >= 0.3 is 0 Å². The zero-order valence-corrected chi connectivity index (χ0v) is 31.7. The van der Waals surface area contributed by atoms with Crippen LogP contribution in [0.25, 0.3) is 66.4 Å². The van der Waals surface area contributed by atoms with Gasteiger partial charge in [0.15, 0.2) is 0 Å². The fourth-order valence-electron chi connectivity index (χ4n) is 8.98. The third-order valence-electron chi connectivity index (χ3n) is 11.7. The second kappa shape index (κ2) is 13.7. The van der Waals surface area contributed by atoms with Crippen molar-refractivity contribution in [3.8, 4) is 55.6 Å². The molecule has 10 rings (SSSR count). The van der Waals surface area contributed by atoms with E-state index in [1.807, 2.05) is 0 Å². The highest BCUT2D eigenvalue weighted by atomic mass is 15.1. The summed E-state index contributed by atoms with van der Waals surface area (Å²) >= 11 is 0. The number of benzene rings is 9. The maximum absolute atomic E-state index is 2.41. The summed E-state index contributed by atoms with van der Waals surface area (Å²) in [7, 11) is 0. The highest BCUT2D eigenvalue weighted by Gasteiger charge is 2.37. The molecule has 0 amide bonds. The molecule has 0 fully saturated rings. The summed E-state index contributed by atoms with van der Waals surface area (Å²) in [4.78, 5) is 2.41. The van der Waals surface area contributed by atoms with Crippen molar-refractivity contribution in [1.29, 1.82) is 0 Å². The van der Waals surface area contributed by atoms with Gasteiger partial charge in [0, 0.05) is 22.4 Å². The fourth-order valence-corrected chi connectivity index (χ4v) is 8.98.